The summed E-state index contributed by atoms with van der Waals surface area (Å²) < 4.78 is 1.65. The number of aromatic nitrogens is 2. The Hall–Kier alpha value is -2.95. The van der Waals surface area contributed by atoms with Crippen LogP contribution in [0.15, 0.2) is 48.5 Å². The molecule has 0 unspecified atom stereocenters. The minimum Gasteiger partial charge on any atom is -0.337 e. The molecule has 0 saturated carbocycles. The number of ketones is 1. The molecular weight excluding hydrogens is 350 g/mol. The number of aryl methyl sites for hydroxylation is 2. The van der Waals surface area contributed by atoms with E-state index in [1.807, 2.05) is 60.4 Å². The van der Waals surface area contributed by atoms with Crippen LogP contribution < -0.4 is 0 Å². The summed E-state index contributed by atoms with van der Waals surface area (Å²) in [6, 6.07) is 15.7. The van der Waals surface area contributed by atoms with E-state index in [4.69, 9.17) is 0 Å². The SMILES string of the molecule is CCc1cc(C(=O)N2CCC[C@H](C(=O)c3cccc4ccccc34)C2)n(C)n1. The van der Waals surface area contributed by atoms with Crippen molar-refractivity contribution in [3.8, 4) is 0 Å². The molecule has 144 valence electrons. The molecule has 1 aliphatic heterocycles. The molecule has 2 heterocycles. The van der Waals surface area contributed by atoms with Crippen molar-refractivity contribution in [3.63, 3.8) is 0 Å². The van der Waals surface area contributed by atoms with E-state index in [1.54, 1.807) is 11.7 Å². The number of hydrogen-bond acceptors (Lipinski definition) is 3. The summed E-state index contributed by atoms with van der Waals surface area (Å²) in [5.41, 5.74) is 2.26. The summed E-state index contributed by atoms with van der Waals surface area (Å²) in [7, 11) is 1.80. The molecule has 3 aromatic rings. The van der Waals surface area contributed by atoms with Crippen molar-refractivity contribution in [1.82, 2.24) is 14.7 Å². The molecule has 2 aromatic carbocycles. The first kappa shape index (κ1) is 18.4. The quantitative estimate of drug-likeness (QED) is 0.651. The van der Waals surface area contributed by atoms with Crippen molar-refractivity contribution in [2.45, 2.75) is 26.2 Å². The molecule has 1 fully saturated rings. The summed E-state index contributed by atoms with van der Waals surface area (Å²) in [4.78, 5) is 28.1. The number of nitrogens with zero attached hydrogens (tertiary/aromatic N) is 3. The fourth-order valence-corrected chi connectivity index (χ4v) is 4.10. The second-order valence-corrected chi connectivity index (χ2v) is 7.48. The zero-order valence-corrected chi connectivity index (χ0v) is 16.4. The van der Waals surface area contributed by atoms with Gasteiger partial charge in [-0.2, -0.15) is 5.10 Å². The number of Topliss-reactive ketones (excluding diaryl/α,β-unsaturated/α-hetero) is 1. The highest BCUT2D eigenvalue weighted by molar-refractivity contribution is 6.09. The number of benzene rings is 2. The smallest absolute Gasteiger partial charge is 0.272 e. The predicted molar refractivity (Wildman–Crippen MR) is 109 cm³/mol. The van der Waals surface area contributed by atoms with Crippen LogP contribution in [0, 0.1) is 5.92 Å². The zero-order chi connectivity index (χ0) is 19.7. The van der Waals surface area contributed by atoms with Gasteiger partial charge in [0.1, 0.15) is 5.69 Å². The van der Waals surface area contributed by atoms with Gasteiger partial charge in [-0.1, -0.05) is 49.4 Å². The minimum atomic E-state index is -0.164. The summed E-state index contributed by atoms with van der Waals surface area (Å²) in [5.74, 6) is -0.0685. The van der Waals surface area contributed by atoms with Crippen LogP contribution in [-0.4, -0.2) is 39.5 Å². The standard InChI is InChI=1S/C23H25N3O2/c1-3-18-14-21(25(2)24-18)23(28)26-13-7-10-17(15-26)22(27)20-12-6-9-16-8-4-5-11-19(16)20/h4-6,8-9,11-12,14,17H,3,7,10,13,15H2,1-2H3/t17-/m0/s1. The van der Waals surface area contributed by atoms with Crippen LogP contribution in [0.25, 0.3) is 10.8 Å². The fourth-order valence-electron chi connectivity index (χ4n) is 4.10. The first-order chi connectivity index (χ1) is 13.6. The summed E-state index contributed by atoms with van der Waals surface area (Å²) in [6.07, 6.45) is 2.45. The van der Waals surface area contributed by atoms with Crippen LogP contribution in [0.5, 0.6) is 0 Å². The Kier molecular flexibility index (Phi) is 4.99. The van der Waals surface area contributed by atoms with E-state index in [9.17, 15) is 9.59 Å². The molecule has 0 N–H and O–H groups in total. The van der Waals surface area contributed by atoms with Crippen molar-refractivity contribution in [2.75, 3.05) is 13.1 Å². The van der Waals surface area contributed by atoms with Crippen molar-refractivity contribution in [2.24, 2.45) is 13.0 Å². The van der Waals surface area contributed by atoms with Crippen LogP contribution in [0.1, 0.15) is 46.3 Å². The van der Waals surface area contributed by atoms with Gasteiger partial charge in [0.05, 0.1) is 5.69 Å². The topological polar surface area (TPSA) is 55.2 Å². The first-order valence-electron chi connectivity index (χ1n) is 9.92. The molecule has 0 bridgehead atoms. The molecule has 1 aliphatic rings. The Morgan fingerprint density at radius 1 is 1.14 bits per heavy atom. The molecule has 0 aliphatic carbocycles. The molecule has 5 nitrogen and oxygen atoms in total. The third-order valence-corrected chi connectivity index (χ3v) is 5.65. The van der Waals surface area contributed by atoms with Crippen molar-refractivity contribution < 1.29 is 9.59 Å². The highest BCUT2D eigenvalue weighted by Crippen LogP contribution is 2.26. The van der Waals surface area contributed by atoms with Crippen LogP contribution in [0.2, 0.25) is 0 Å². The largest absolute Gasteiger partial charge is 0.337 e. The highest BCUT2D eigenvalue weighted by atomic mass is 16.2. The lowest BCUT2D eigenvalue weighted by atomic mass is 9.88. The van der Waals surface area contributed by atoms with Crippen LogP contribution in [-0.2, 0) is 13.5 Å². The van der Waals surface area contributed by atoms with E-state index in [0.29, 0.717) is 18.8 Å². The lowest BCUT2D eigenvalue weighted by Crippen LogP contribution is -2.43. The normalized spacial score (nSPS) is 17.1. The van der Waals surface area contributed by atoms with Gasteiger partial charge >= 0.3 is 0 Å². The second-order valence-electron chi connectivity index (χ2n) is 7.48. The van der Waals surface area contributed by atoms with Gasteiger partial charge in [-0.05, 0) is 36.1 Å². The number of carbonyl (C=O) groups excluding carboxylic acids is 2. The van der Waals surface area contributed by atoms with E-state index in [0.717, 1.165) is 41.3 Å². The molecule has 1 atom stereocenters. The maximum absolute atomic E-state index is 13.3. The van der Waals surface area contributed by atoms with Crippen molar-refractivity contribution in [1.29, 1.82) is 0 Å². The molecule has 1 aromatic heterocycles. The maximum atomic E-state index is 13.3. The number of likely N-dealkylation sites (tertiary alicyclic amines) is 1. The number of hydrogen-bond donors (Lipinski definition) is 0. The van der Waals surface area contributed by atoms with Crippen LogP contribution in [0.3, 0.4) is 0 Å². The first-order valence-corrected chi connectivity index (χ1v) is 9.92. The monoisotopic (exact) mass is 375 g/mol. The lowest BCUT2D eigenvalue weighted by Gasteiger charge is -2.32. The molecular formula is C23H25N3O2. The van der Waals surface area contributed by atoms with Crippen molar-refractivity contribution in [3.05, 3.63) is 65.5 Å². The molecule has 5 heteroatoms. The molecule has 0 radical (unpaired) electrons. The lowest BCUT2D eigenvalue weighted by molar-refractivity contribution is 0.0628. The Morgan fingerprint density at radius 3 is 2.71 bits per heavy atom. The third kappa shape index (κ3) is 3.33. The zero-order valence-electron chi connectivity index (χ0n) is 16.4. The average Bonchev–Trinajstić information content (AvgIpc) is 3.13. The van der Waals surface area contributed by atoms with Crippen LogP contribution in [0.4, 0.5) is 0 Å². The van der Waals surface area contributed by atoms with Gasteiger partial charge < -0.3 is 4.90 Å². The Bertz CT molecular complexity index is 1030. The molecule has 1 saturated heterocycles. The Morgan fingerprint density at radius 2 is 1.93 bits per heavy atom. The number of fused-ring (bicyclic) bond motifs is 1. The summed E-state index contributed by atoms with van der Waals surface area (Å²) in [6.45, 7) is 3.18. The number of piperidine rings is 1. The van der Waals surface area contributed by atoms with Gasteiger partial charge in [0.2, 0.25) is 0 Å². The maximum Gasteiger partial charge on any atom is 0.272 e. The summed E-state index contributed by atoms with van der Waals surface area (Å²) in [5, 5.41) is 6.44. The number of amides is 1. The predicted octanol–water partition coefficient (Wildman–Crippen LogP) is 3.87. The van der Waals surface area contributed by atoms with Gasteiger partial charge in [-0.15, -0.1) is 0 Å². The Labute approximate surface area is 165 Å². The molecule has 1 amide bonds. The third-order valence-electron chi connectivity index (χ3n) is 5.65. The molecule has 28 heavy (non-hydrogen) atoms. The van der Waals surface area contributed by atoms with E-state index >= 15 is 0 Å². The van der Waals surface area contributed by atoms with Crippen molar-refractivity contribution >= 4 is 22.5 Å². The summed E-state index contributed by atoms with van der Waals surface area (Å²) >= 11 is 0. The second kappa shape index (κ2) is 7.58. The van der Waals surface area contributed by atoms with Crippen LogP contribution >= 0.6 is 0 Å². The molecule has 4 rings (SSSR count). The fraction of sp³-hybridized carbons (Fsp3) is 0.348. The van der Waals surface area contributed by atoms with E-state index in [2.05, 4.69) is 5.10 Å². The van der Waals surface area contributed by atoms with E-state index in [-0.39, 0.29) is 17.6 Å². The van der Waals surface area contributed by atoms with E-state index in [1.165, 1.54) is 0 Å². The Balaban J connectivity index is 1.57. The van der Waals surface area contributed by atoms with E-state index < -0.39 is 0 Å². The average molecular weight is 375 g/mol. The molecule has 0 spiro atoms. The van der Waals surface area contributed by atoms with Gasteiger partial charge in [-0.25, -0.2) is 0 Å². The number of rotatable bonds is 4. The highest BCUT2D eigenvalue weighted by Gasteiger charge is 2.31. The van der Waals surface area contributed by atoms with Gasteiger partial charge in [0, 0.05) is 31.6 Å². The van der Waals surface area contributed by atoms with Gasteiger partial charge in [-0.3, -0.25) is 14.3 Å². The number of carbonyl (C=O) groups is 2. The van der Waals surface area contributed by atoms with Gasteiger partial charge in [0.15, 0.2) is 5.78 Å². The van der Waals surface area contributed by atoms with Gasteiger partial charge in [0.25, 0.3) is 5.91 Å². The minimum absolute atomic E-state index is 0.0369.